The van der Waals surface area contributed by atoms with Gasteiger partial charge in [0.1, 0.15) is 0 Å². The van der Waals surface area contributed by atoms with E-state index in [0.29, 0.717) is 11.4 Å². The SMILES string of the molecule is [C-]#[N+]/C(C)=C(\N)CC#N. The van der Waals surface area contributed by atoms with Crippen LogP contribution in [0.25, 0.3) is 4.85 Å². The molecule has 0 aliphatic rings. The minimum atomic E-state index is 0.147. The van der Waals surface area contributed by atoms with Crippen molar-refractivity contribution in [3.8, 4) is 6.07 Å². The minimum absolute atomic E-state index is 0.147. The van der Waals surface area contributed by atoms with Crippen LogP contribution in [0, 0.1) is 17.9 Å². The van der Waals surface area contributed by atoms with Crippen molar-refractivity contribution in [2.45, 2.75) is 13.3 Å². The lowest BCUT2D eigenvalue weighted by Crippen LogP contribution is -1.97. The molecule has 0 aliphatic heterocycles. The van der Waals surface area contributed by atoms with Gasteiger partial charge in [0.05, 0.1) is 19.1 Å². The largest absolute Gasteiger partial charge is 0.410 e. The molecule has 9 heavy (non-hydrogen) atoms. The van der Waals surface area contributed by atoms with Gasteiger partial charge in [-0.15, -0.1) is 0 Å². The molecule has 0 atom stereocenters. The van der Waals surface area contributed by atoms with E-state index < -0.39 is 0 Å². The Kier molecular flexibility index (Phi) is 2.94. The summed E-state index contributed by atoms with van der Waals surface area (Å²) < 4.78 is 0. The quantitative estimate of drug-likeness (QED) is 0.526. The number of hydrogen-bond acceptors (Lipinski definition) is 2. The summed E-state index contributed by atoms with van der Waals surface area (Å²) in [5, 5.41) is 8.11. The summed E-state index contributed by atoms with van der Waals surface area (Å²) in [7, 11) is 0. The van der Waals surface area contributed by atoms with Gasteiger partial charge in [0, 0.05) is 5.70 Å². The van der Waals surface area contributed by atoms with Crippen LogP contribution in [0.3, 0.4) is 0 Å². The highest BCUT2D eigenvalue weighted by Crippen LogP contribution is 2.01. The number of nitrogens with zero attached hydrogens (tertiary/aromatic N) is 2. The van der Waals surface area contributed by atoms with Crippen molar-refractivity contribution >= 4 is 0 Å². The van der Waals surface area contributed by atoms with Gasteiger partial charge < -0.3 is 5.73 Å². The molecule has 3 nitrogen and oxygen atoms in total. The molecule has 0 amide bonds. The third-order valence-corrected chi connectivity index (χ3v) is 0.902. The van der Waals surface area contributed by atoms with E-state index in [1.165, 1.54) is 0 Å². The Morgan fingerprint density at radius 2 is 2.44 bits per heavy atom. The molecular formula is C6H7N3. The highest BCUT2D eigenvalue weighted by atomic mass is 14.7. The first-order valence-electron chi connectivity index (χ1n) is 2.42. The van der Waals surface area contributed by atoms with E-state index >= 15 is 0 Å². The molecule has 0 aliphatic carbocycles. The summed E-state index contributed by atoms with van der Waals surface area (Å²) in [5.41, 5.74) is 6.06. The zero-order valence-electron chi connectivity index (χ0n) is 5.18. The van der Waals surface area contributed by atoms with E-state index in [1.807, 2.05) is 6.07 Å². The molecule has 0 aromatic rings. The summed E-state index contributed by atoms with van der Waals surface area (Å²) in [6.07, 6.45) is 0.147. The maximum absolute atomic E-state index is 8.11. The van der Waals surface area contributed by atoms with Crippen molar-refractivity contribution in [3.63, 3.8) is 0 Å². The fraction of sp³-hybridized carbons (Fsp3) is 0.333. The average molecular weight is 121 g/mol. The van der Waals surface area contributed by atoms with Gasteiger partial charge >= 0.3 is 0 Å². The summed E-state index contributed by atoms with van der Waals surface area (Å²) in [6.45, 7) is 8.09. The highest BCUT2D eigenvalue weighted by Gasteiger charge is 1.93. The van der Waals surface area contributed by atoms with Crippen molar-refractivity contribution in [1.29, 1.82) is 5.26 Å². The zero-order chi connectivity index (χ0) is 7.28. The van der Waals surface area contributed by atoms with Crippen LogP contribution in [-0.4, -0.2) is 0 Å². The topological polar surface area (TPSA) is 54.2 Å². The normalized spacial score (nSPS) is 11.0. The first-order chi connectivity index (χ1) is 4.22. The van der Waals surface area contributed by atoms with Crippen LogP contribution in [0.1, 0.15) is 13.3 Å². The van der Waals surface area contributed by atoms with E-state index in [1.54, 1.807) is 6.92 Å². The van der Waals surface area contributed by atoms with Gasteiger partial charge in [0.2, 0.25) is 0 Å². The molecule has 2 N–H and O–H groups in total. The fourth-order valence-corrected chi connectivity index (χ4v) is 0.285. The first kappa shape index (κ1) is 7.52. The Labute approximate surface area is 54.2 Å². The van der Waals surface area contributed by atoms with Crippen LogP contribution >= 0.6 is 0 Å². The molecule has 0 heterocycles. The summed E-state index contributed by atoms with van der Waals surface area (Å²) in [4.78, 5) is 3.06. The second-order valence-electron chi connectivity index (χ2n) is 1.56. The van der Waals surface area contributed by atoms with E-state index in [2.05, 4.69) is 4.85 Å². The van der Waals surface area contributed by atoms with E-state index in [4.69, 9.17) is 17.6 Å². The minimum Gasteiger partial charge on any atom is -0.410 e. The first-order valence-corrected chi connectivity index (χ1v) is 2.42. The van der Waals surface area contributed by atoms with Crippen molar-refractivity contribution < 1.29 is 0 Å². The van der Waals surface area contributed by atoms with Crippen LogP contribution in [0.15, 0.2) is 11.4 Å². The van der Waals surface area contributed by atoms with Crippen molar-refractivity contribution in [2.75, 3.05) is 0 Å². The highest BCUT2D eigenvalue weighted by molar-refractivity contribution is 5.17. The van der Waals surface area contributed by atoms with Gasteiger partial charge in [0.25, 0.3) is 0 Å². The summed E-state index contributed by atoms with van der Waals surface area (Å²) >= 11 is 0. The molecule has 0 unspecified atom stereocenters. The van der Waals surface area contributed by atoms with Crippen LogP contribution in [0.2, 0.25) is 0 Å². The molecule has 0 bridgehead atoms. The predicted octanol–water partition coefficient (Wildman–Crippen LogP) is 1.01. The van der Waals surface area contributed by atoms with Crippen molar-refractivity contribution in [3.05, 3.63) is 22.8 Å². The Hall–Kier alpha value is -1.48. The molecule has 3 heteroatoms. The molecular weight excluding hydrogens is 114 g/mol. The molecule has 0 aromatic heterocycles. The average Bonchev–Trinajstić information content (AvgIpc) is 1.87. The molecule has 0 saturated heterocycles. The lowest BCUT2D eigenvalue weighted by atomic mass is 10.3. The van der Waals surface area contributed by atoms with Gasteiger partial charge in [-0.1, -0.05) is 0 Å². The number of nitrogens with two attached hydrogens (primary N) is 1. The third-order valence-electron chi connectivity index (χ3n) is 0.902. The van der Waals surface area contributed by atoms with Gasteiger partial charge in [-0.05, 0) is 6.92 Å². The monoisotopic (exact) mass is 121 g/mol. The molecule has 0 spiro atoms. The molecule has 0 aromatic carbocycles. The van der Waals surface area contributed by atoms with Gasteiger partial charge in [-0.3, -0.25) is 0 Å². The molecule has 0 saturated carbocycles. The predicted molar refractivity (Wildman–Crippen MR) is 33.7 cm³/mol. The van der Waals surface area contributed by atoms with Crippen molar-refractivity contribution in [1.82, 2.24) is 0 Å². The molecule has 0 fully saturated rings. The van der Waals surface area contributed by atoms with Crippen molar-refractivity contribution in [2.24, 2.45) is 5.73 Å². The smallest absolute Gasteiger partial charge is 0.181 e. The number of rotatable bonds is 1. The van der Waals surface area contributed by atoms with E-state index in [9.17, 15) is 0 Å². The second-order valence-corrected chi connectivity index (χ2v) is 1.56. The summed E-state index contributed by atoms with van der Waals surface area (Å²) in [6, 6.07) is 1.86. The molecule has 46 valence electrons. The van der Waals surface area contributed by atoms with Crippen LogP contribution in [-0.2, 0) is 0 Å². The van der Waals surface area contributed by atoms with Crippen LogP contribution in [0.4, 0.5) is 0 Å². The zero-order valence-corrected chi connectivity index (χ0v) is 5.18. The maximum Gasteiger partial charge on any atom is 0.181 e. The number of allylic oxidation sites excluding steroid dienone is 2. The van der Waals surface area contributed by atoms with E-state index in [0.717, 1.165) is 0 Å². The number of hydrogen-bond donors (Lipinski definition) is 1. The Balaban J connectivity index is 4.20. The lowest BCUT2D eigenvalue weighted by Gasteiger charge is -1.91. The van der Waals surface area contributed by atoms with Gasteiger partial charge in [0.15, 0.2) is 5.70 Å². The second kappa shape index (κ2) is 3.51. The summed E-state index contributed by atoms with van der Waals surface area (Å²) in [5.74, 6) is 0. The molecule has 0 radical (unpaired) electrons. The lowest BCUT2D eigenvalue weighted by molar-refractivity contribution is 1.13. The Bertz CT molecular complexity index is 201. The molecule has 0 rings (SSSR count). The van der Waals surface area contributed by atoms with Crippen LogP contribution < -0.4 is 5.73 Å². The fourth-order valence-electron chi connectivity index (χ4n) is 0.285. The number of nitriles is 1. The van der Waals surface area contributed by atoms with Gasteiger partial charge in [-0.25, -0.2) is 4.85 Å². The maximum atomic E-state index is 8.11. The van der Waals surface area contributed by atoms with E-state index in [-0.39, 0.29) is 6.42 Å². The Morgan fingerprint density at radius 1 is 1.89 bits per heavy atom. The van der Waals surface area contributed by atoms with Gasteiger partial charge in [-0.2, -0.15) is 5.26 Å². The standard InChI is InChI=1S/C6H7N3/c1-5(9-2)6(8)3-4-7/h3,8H2,1H3/b6-5-. The third kappa shape index (κ3) is 2.36. The van der Waals surface area contributed by atoms with Crippen LogP contribution in [0.5, 0.6) is 0 Å². The Morgan fingerprint density at radius 3 is 2.78 bits per heavy atom.